The van der Waals surface area contributed by atoms with Gasteiger partial charge in [-0.15, -0.1) is 0 Å². The standard InChI is InChI=1S/C20H30N4O4S/c1-29(26,27)17-13-21-20(24-8-3-2-4-9-24)22-18(17)15-5-10-23(11-6-15)19(25)16-7-12-28-14-16/h13,15-16H,2-12,14H2,1H3/t16-/m0/s1. The highest BCUT2D eigenvalue weighted by molar-refractivity contribution is 7.90. The molecule has 0 saturated carbocycles. The Kier molecular flexibility index (Phi) is 6.06. The van der Waals surface area contributed by atoms with Crippen molar-refractivity contribution in [3.8, 4) is 0 Å². The van der Waals surface area contributed by atoms with Crippen molar-refractivity contribution in [2.24, 2.45) is 5.92 Å². The van der Waals surface area contributed by atoms with Gasteiger partial charge >= 0.3 is 0 Å². The van der Waals surface area contributed by atoms with Crippen LogP contribution in [0.3, 0.4) is 0 Å². The Hall–Kier alpha value is -1.74. The molecular formula is C20H30N4O4S. The fraction of sp³-hybridized carbons (Fsp3) is 0.750. The summed E-state index contributed by atoms with van der Waals surface area (Å²) in [4.78, 5) is 26.1. The smallest absolute Gasteiger partial charge is 0.228 e. The maximum Gasteiger partial charge on any atom is 0.228 e. The lowest BCUT2D eigenvalue weighted by atomic mass is 9.92. The number of piperidine rings is 2. The molecule has 9 heteroatoms. The quantitative estimate of drug-likeness (QED) is 0.728. The maximum atomic E-state index is 12.6. The number of aromatic nitrogens is 2. The van der Waals surface area contributed by atoms with Gasteiger partial charge in [0.25, 0.3) is 0 Å². The minimum atomic E-state index is -3.41. The predicted molar refractivity (Wildman–Crippen MR) is 109 cm³/mol. The number of nitrogens with zero attached hydrogens (tertiary/aromatic N) is 4. The van der Waals surface area contributed by atoms with E-state index in [1.54, 1.807) is 0 Å². The highest BCUT2D eigenvalue weighted by atomic mass is 32.2. The molecule has 160 valence electrons. The zero-order valence-corrected chi connectivity index (χ0v) is 17.9. The molecule has 3 fully saturated rings. The van der Waals surface area contributed by atoms with Crippen LogP contribution in [0.1, 0.15) is 50.1 Å². The van der Waals surface area contributed by atoms with Crippen molar-refractivity contribution in [2.45, 2.75) is 49.3 Å². The van der Waals surface area contributed by atoms with Gasteiger partial charge in [-0.3, -0.25) is 4.79 Å². The topological polar surface area (TPSA) is 92.7 Å². The van der Waals surface area contributed by atoms with E-state index >= 15 is 0 Å². The fourth-order valence-electron chi connectivity index (χ4n) is 4.56. The molecule has 8 nitrogen and oxygen atoms in total. The summed E-state index contributed by atoms with van der Waals surface area (Å²) in [5, 5.41) is 0. The van der Waals surface area contributed by atoms with Crippen LogP contribution in [0, 0.1) is 5.92 Å². The number of rotatable bonds is 4. The van der Waals surface area contributed by atoms with Crippen LogP contribution < -0.4 is 4.90 Å². The first-order valence-electron chi connectivity index (χ1n) is 10.6. The molecule has 3 aliphatic rings. The minimum absolute atomic E-state index is 0.0233. The summed E-state index contributed by atoms with van der Waals surface area (Å²) in [6, 6.07) is 0. The molecule has 0 N–H and O–H groups in total. The third kappa shape index (κ3) is 4.55. The number of amides is 1. The number of anilines is 1. The van der Waals surface area contributed by atoms with Gasteiger partial charge in [0.1, 0.15) is 4.90 Å². The summed E-state index contributed by atoms with van der Waals surface area (Å²) in [6.45, 7) is 4.26. The van der Waals surface area contributed by atoms with E-state index in [4.69, 9.17) is 9.72 Å². The van der Waals surface area contributed by atoms with Gasteiger partial charge in [-0.2, -0.15) is 0 Å². The van der Waals surface area contributed by atoms with Crippen molar-refractivity contribution in [3.05, 3.63) is 11.9 Å². The molecule has 29 heavy (non-hydrogen) atoms. The number of carbonyl (C=O) groups is 1. The molecule has 0 aromatic carbocycles. The third-order valence-corrected chi connectivity index (χ3v) is 7.39. The second-order valence-electron chi connectivity index (χ2n) is 8.40. The number of ether oxygens (including phenoxy) is 1. The van der Waals surface area contributed by atoms with Gasteiger partial charge in [0.05, 0.1) is 24.4 Å². The molecule has 3 aliphatic heterocycles. The molecule has 1 atom stereocenters. The summed E-state index contributed by atoms with van der Waals surface area (Å²) in [5.74, 6) is 0.799. The normalized spacial score (nSPS) is 24.1. The zero-order chi connectivity index (χ0) is 20.4. The minimum Gasteiger partial charge on any atom is -0.381 e. The monoisotopic (exact) mass is 422 g/mol. The van der Waals surface area contributed by atoms with E-state index in [2.05, 4.69) is 9.88 Å². The van der Waals surface area contributed by atoms with Crippen LogP contribution >= 0.6 is 0 Å². The van der Waals surface area contributed by atoms with Gasteiger partial charge in [-0.25, -0.2) is 18.4 Å². The number of carbonyl (C=O) groups excluding carboxylic acids is 1. The maximum absolute atomic E-state index is 12.6. The zero-order valence-electron chi connectivity index (χ0n) is 17.0. The van der Waals surface area contributed by atoms with E-state index in [1.165, 1.54) is 18.9 Å². The van der Waals surface area contributed by atoms with E-state index in [-0.39, 0.29) is 22.6 Å². The average molecular weight is 423 g/mol. The number of sulfone groups is 1. The number of hydrogen-bond acceptors (Lipinski definition) is 7. The van der Waals surface area contributed by atoms with E-state index in [0.717, 1.165) is 45.2 Å². The second kappa shape index (κ2) is 8.55. The summed E-state index contributed by atoms with van der Waals surface area (Å²) >= 11 is 0. The summed E-state index contributed by atoms with van der Waals surface area (Å²) in [7, 11) is -3.41. The van der Waals surface area contributed by atoms with Crippen LogP contribution in [0.2, 0.25) is 0 Å². The first-order chi connectivity index (χ1) is 13.9. The highest BCUT2D eigenvalue weighted by Gasteiger charge is 2.33. The van der Waals surface area contributed by atoms with Crippen LogP contribution in [-0.2, 0) is 19.4 Å². The molecule has 0 radical (unpaired) electrons. The van der Waals surface area contributed by atoms with Crippen molar-refractivity contribution < 1.29 is 17.9 Å². The number of likely N-dealkylation sites (tertiary alicyclic amines) is 1. The summed E-state index contributed by atoms with van der Waals surface area (Å²) in [6.07, 6.45) is 8.36. The predicted octanol–water partition coefficient (Wildman–Crippen LogP) is 1.61. The van der Waals surface area contributed by atoms with Crippen LogP contribution in [0.25, 0.3) is 0 Å². The molecule has 1 aromatic rings. The Balaban J connectivity index is 1.52. The van der Waals surface area contributed by atoms with E-state index in [1.807, 2.05) is 4.90 Å². The lowest BCUT2D eigenvalue weighted by Crippen LogP contribution is -2.42. The van der Waals surface area contributed by atoms with Crippen LogP contribution in [-0.4, -0.2) is 74.8 Å². The van der Waals surface area contributed by atoms with Crippen LogP contribution in [0.15, 0.2) is 11.1 Å². The average Bonchev–Trinajstić information content (AvgIpc) is 3.28. The molecular weight excluding hydrogens is 392 g/mol. The second-order valence-corrected chi connectivity index (χ2v) is 10.4. The lowest BCUT2D eigenvalue weighted by molar-refractivity contribution is -0.136. The van der Waals surface area contributed by atoms with Crippen molar-refractivity contribution in [1.82, 2.24) is 14.9 Å². The van der Waals surface area contributed by atoms with Crippen molar-refractivity contribution >= 4 is 21.7 Å². The Labute approximate surface area is 172 Å². The summed E-state index contributed by atoms with van der Waals surface area (Å²) < 4.78 is 30.1. The summed E-state index contributed by atoms with van der Waals surface area (Å²) in [5.41, 5.74) is 0.624. The van der Waals surface area contributed by atoms with Crippen LogP contribution in [0.5, 0.6) is 0 Å². The SMILES string of the molecule is CS(=O)(=O)c1cnc(N2CCCCC2)nc1C1CCN(C(=O)[C@H]2CCOC2)CC1. The van der Waals surface area contributed by atoms with E-state index < -0.39 is 9.84 Å². The molecule has 0 aliphatic carbocycles. The van der Waals surface area contributed by atoms with Crippen molar-refractivity contribution in [1.29, 1.82) is 0 Å². The van der Waals surface area contributed by atoms with Crippen molar-refractivity contribution in [2.75, 3.05) is 50.5 Å². The highest BCUT2D eigenvalue weighted by Crippen LogP contribution is 2.33. The van der Waals surface area contributed by atoms with E-state index in [9.17, 15) is 13.2 Å². The van der Waals surface area contributed by atoms with Crippen LogP contribution in [0.4, 0.5) is 5.95 Å². The number of hydrogen-bond donors (Lipinski definition) is 0. The molecule has 4 heterocycles. The molecule has 0 bridgehead atoms. The Bertz CT molecular complexity index is 840. The first kappa shape index (κ1) is 20.5. The van der Waals surface area contributed by atoms with Gasteiger partial charge in [0.15, 0.2) is 9.84 Å². The van der Waals surface area contributed by atoms with Gasteiger partial charge in [0, 0.05) is 45.0 Å². The fourth-order valence-corrected chi connectivity index (χ4v) is 5.40. The van der Waals surface area contributed by atoms with Gasteiger partial charge in [0.2, 0.25) is 11.9 Å². The molecule has 0 spiro atoms. The third-order valence-electron chi connectivity index (χ3n) is 6.28. The Morgan fingerprint density at radius 3 is 2.45 bits per heavy atom. The Morgan fingerprint density at radius 2 is 1.83 bits per heavy atom. The Morgan fingerprint density at radius 1 is 1.10 bits per heavy atom. The van der Waals surface area contributed by atoms with Crippen molar-refractivity contribution in [3.63, 3.8) is 0 Å². The van der Waals surface area contributed by atoms with E-state index in [0.29, 0.717) is 37.9 Å². The molecule has 3 saturated heterocycles. The van der Waals surface area contributed by atoms with Gasteiger partial charge < -0.3 is 14.5 Å². The molecule has 1 amide bonds. The van der Waals surface area contributed by atoms with Gasteiger partial charge in [-0.05, 0) is 38.5 Å². The first-order valence-corrected chi connectivity index (χ1v) is 12.5. The lowest BCUT2D eigenvalue weighted by Gasteiger charge is -2.34. The largest absolute Gasteiger partial charge is 0.381 e. The molecule has 0 unspecified atom stereocenters. The molecule has 4 rings (SSSR count). The van der Waals surface area contributed by atoms with Gasteiger partial charge in [-0.1, -0.05) is 0 Å². The molecule has 1 aromatic heterocycles.